The van der Waals surface area contributed by atoms with Gasteiger partial charge in [0, 0.05) is 0 Å². The van der Waals surface area contributed by atoms with Crippen molar-refractivity contribution in [1.29, 1.82) is 0 Å². The Morgan fingerprint density at radius 1 is 1.25 bits per heavy atom. The Kier molecular flexibility index (Phi) is 3.03. The highest BCUT2D eigenvalue weighted by molar-refractivity contribution is 7.13. The van der Waals surface area contributed by atoms with E-state index in [-0.39, 0.29) is 17.1 Å². The number of carboxylic acids is 1. The van der Waals surface area contributed by atoms with Crippen molar-refractivity contribution in [2.24, 2.45) is 0 Å². The second kappa shape index (κ2) is 4.86. The molecular weight excluding hydrogens is 281 g/mol. The number of benzene rings is 1. The summed E-state index contributed by atoms with van der Waals surface area (Å²) in [4.78, 5) is 11.9. The molecule has 0 amide bonds. The van der Waals surface area contributed by atoms with Gasteiger partial charge in [-0.3, -0.25) is 0 Å². The molecule has 0 aliphatic carbocycles. The zero-order chi connectivity index (χ0) is 14.1. The van der Waals surface area contributed by atoms with Crippen molar-refractivity contribution in [3.63, 3.8) is 0 Å². The largest absolute Gasteiger partial charge is 0.476 e. The lowest BCUT2D eigenvalue weighted by atomic mass is 10.2. The Bertz CT molecular complexity index is 768. The van der Waals surface area contributed by atoms with Crippen LogP contribution in [0.3, 0.4) is 0 Å². The highest BCUT2D eigenvalue weighted by Crippen LogP contribution is 2.29. The van der Waals surface area contributed by atoms with Crippen LogP contribution in [0.4, 0.5) is 4.39 Å². The van der Waals surface area contributed by atoms with E-state index in [2.05, 4.69) is 10.3 Å². The first-order valence-corrected chi connectivity index (χ1v) is 6.54. The van der Waals surface area contributed by atoms with Crippen LogP contribution in [-0.2, 0) is 0 Å². The molecule has 2 aromatic heterocycles. The Hall–Kier alpha value is -2.54. The van der Waals surface area contributed by atoms with Gasteiger partial charge in [0.05, 0.1) is 4.88 Å². The molecule has 3 aromatic rings. The number of halogens is 1. The molecule has 0 aliphatic rings. The van der Waals surface area contributed by atoms with E-state index < -0.39 is 11.8 Å². The van der Waals surface area contributed by atoms with E-state index in [1.165, 1.54) is 28.2 Å². The van der Waals surface area contributed by atoms with Gasteiger partial charge in [-0.2, -0.15) is 0 Å². The molecule has 0 spiro atoms. The number of carboxylic acid groups (broad SMARTS) is 1. The quantitative estimate of drug-likeness (QED) is 0.805. The molecule has 2 heterocycles. The van der Waals surface area contributed by atoms with Crippen molar-refractivity contribution >= 4 is 17.3 Å². The van der Waals surface area contributed by atoms with Crippen LogP contribution in [0.2, 0.25) is 0 Å². The number of aromatic nitrogens is 3. The molecule has 20 heavy (non-hydrogen) atoms. The fraction of sp³-hybridized carbons (Fsp3) is 0. The minimum Gasteiger partial charge on any atom is -0.476 e. The molecule has 0 bridgehead atoms. The maximum absolute atomic E-state index is 13.9. The Balaban J connectivity index is 2.28. The first-order chi connectivity index (χ1) is 9.68. The van der Waals surface area contributed by atoms with Crippen LogP contribution in [0.15, 0.2) is 41.8 Å². The smallest absolute Gasteiger partial charge is 0.358 e. The van der Waals surface area contributed by atoms with Crippen molar-refractivity contribution in [3.05, 3.63) is 53.3 Å². The van der Waals surface area contributed by atoms with Crippen LogP contribution in [0.25, 0.3) is 16.3 Å². The zero-order valence-corrected chi connectivity index (χ0v) is 10.8. The minimum absolute atomic E-state index is 0.163. The van der Waals surface area contributed by atoms with E-state index in [1.807, 2.05) is 0 Å². The summed E-state index contributed by atoms with van der Waals surface area (Å²) in [5, 5.41) is 18.4. The standard InChI is InChI=1S/C13H8FN3O2S/c14-8-4-1-2-5-9(8)17-12(10-6-3-7-20-10)11(13(18)19)15-16-17/h1-7H,(H,18,19). The fourth-order valence-corrected chi connectivity index (χ4v) is 2.61. The third-order valence-electron chi connectivity index (χ3n) is 2.71. The van der Waals surface area contributed by atoms with Crippen molar-refractivity contribution in [2.75, 3.05) is 0 Å². The molecule has 0 radical (unpaired) electrons. The first-order valence-electron chi connectivity index (χ1n) is 5.66. The summed E-state index contributed by atoms with van der Waals surface area (Å²) in [6, 6.07) is 9.54. The molecule has 0 saturated heterocycles. The van der Waals surface area contributed by atoms with Crippen LogP contribution in [0.1, 0.15) is 10.5 Å². The summed E-state index contributed by atoms with van der Waals surface area (Å²) in [7, 11) is 0. The molecule has 0 saturated carbocycles. The van der Waals surface area contributed by atoms with Crippen molar-refractivity contribution in [1.82, 2.24) is 15.0 Å². The van der Waals surface area contributed by atoms with E-state index in [4.69, 9.17) is 0 Å². The molecule has 0 atom stereocenters. The van der Waals surface area contributed by atoms with E-state index >= 15 is 0 Å². The lowest BCUT2D eigenvalue weighted by Gasteiger charge is -2.06. The number of carbonyl (C=O) groups is 1. The van der Waals surface area contributed by atoms with Gasteiger partial charge in [0.15, 0.2) is 5.69 Å². The molecule has 1 N–H and O–H groups in total. The molecule has 5 nitrogen and oxygen atoms in total. The average molecular weight is 289 g/mol. The lowest BCUT2D eigenvalue weighted by molar-refractivity contribution is 0.0691. The number of hydrogen-bond acceptors (Lipinski definition) is 4. The van der Waals surface area contributed by atoms with E-state index in [0.29, 0.717) is 4.88 Å². The van der Waals surface area contributed by atoms with Crippen molar-refractivity contribution in [3.8, 4) is 16.3 Å². The molecule has 7 heteroatoms. The SMILES string of the molecule is O=C(O)c1nnn(-c2ccccc2F)c1-c1cccs1. The number of rotatable bonds is 3. The highest BCUT2D eigenvalue weighted by atomic mass is 32.1. The lowest BCUT2D eigenvalue weighted by Crippen LogP contribution is -2.03. The second-order valence-corrected chi connectivity index (χ2v) is 4.88. The molecule has 0 fully saturated rings. The van der Waals surface area contributed by atoms with Crippen molar-refractivity contribution in [2.45, 2.75) is 0 Å². The predicted octanol–water partition coefficient (Wildman–Crippen LogP) is 2.83. The average Bonchev–Trinajstić information content (AvgIpc) is 3.07. The van der Waals surface area contributed by atoms with Gasteiger partial charge >= 0.3 is 5.97 Å². The van der Waals surface area contributed by atoms with Crippen LogP contribution in [0.5, 0.6) is 0 Å². The van der Waals surface area contributed by atoms with E-state index in [1.54, 1.807) is 29.6 Å². The normalized spacial score (nSPS) is 10.7. The molecule has 100 valence electrons. The summed E-state index contributed by atoms with van der Waals surface area (Å²) in [6.07, 6.45) is 0. The highest BCUT2D eigenvalue weighted by Gasteiger charge is 2.23. The predicted molar refractivity (Wildman–Crippen MR) is 71.6 cm³/mol. The maximum Gasteiger partial charge on any atom is 0.358 e. The summed E-state index contributed by atoms with van der Waals surface area (Å²) in [6.45, 7) is 0. The summed E-state index contributed by atoms with van der Waals surface area (Å²) in [5.74, 6) is -1.69. The summed E-state index contributed by atoms with van der Waals surface area (Å²) >= 11 is 1.34. The second-order valence-electron chi connectivity index (χ2n) is 3.93. The third-order valence-corrected chi connectivity index (χ3v) is 3.58. The third kappa shape index (κ3) is 1.97. The van der Waals surface area contributed by atoms with Gasteiger partial charge in [-0.15, -0.1) is 16.4 Å². The molecule has 3 rings (SSSR count). The zero-order valence-electron chi connectivity index (χ0n) is 10.0. The molecule has 1 aromatic carbocycles. The van der Waals surface area contributed by atoms with Gasteiger partial charge in [-0.1, -0.05) is 23.4 Å². The van der Waals surface area contributed by atoms with Gasteiger partial charge in [0.2, 0.25) is 0 Å². The van der Waals surface area contributed by atoms with Crippen molar-refractivity contribution < 1.29 is 14.3 Å². The number of nitrogens with zero attached hydrogens (tertiary/aromatic N) is 3. The fourth-order valence-electron chi connectivity index (χ4n) is 1.85. The number of para-hydroxylation sites is 1. The van der Waals surface area contributed by atoms with Gasteiger partial charge in [0.1, 0.15) is 17.2 Å². The van der Waals surface area contributed by atoms with Gasteiger partial charge < -0.3 is 5.11 Å². The van der Waals surface area contributed by atoms with Gasteiger partial charge in [-0.25, -0.2) is 13.9 Å². The number of hydrogen-bond donors (Lipinski definition) is 1. The maximum atomic E-state index is 13.9. The Labute approximate surface area is 116 Å². The minimum atomic E-state index is -1.20. The molecular formula is C13H8FN3O2S. The van der Waals surface area contributed by atoms with Crippen LogP contribution < -0.4 is 0 Å². The molecule has 0 unspecified atom stereocenters. The van der Waals surface area contributed by atoms with Crippen LogP contribution >= 0.6 is 11.3 Å². The van der Waals surface area contributed by atoms with Gasteiger partial charge in [0.25, 0.3) is 0 Å². The van der Waals surface area contributed by atoms with Crippen LogP contribution in [-0.4, -0.2) is 26.1 Å². The topological polar surface area (TPSA) is 68.0 Å². The molecule has 0 aliphatic heterocycles. The Morgan fingerprint density at radius 2 is 2.05 bits per heavy atom. The van der Waals surface area contributed by atoms with Crippen LogP contribution in [0, 0.1) is 5.82 Å². The van der Waals surface area contributed by atoms with E-state index in [9.17, 15) is 14.3 Å². The number of thiophene rings is 1. The van der Waals surface area contributed by atoms with Gasteiger partial charge in [-0.05, 0) is 23.6 Å². The summed E-state index contributed by atoms with van der Waals surface area (Å²) < 4.78 is 15.1. The monoisotopic (exact) mass is 289 g/mol. The number of aromatic carboxylic acids is 1. The van der Waals surface area contributed by atoms with E-state index in [0.717, 1.165) is 0 Å². The summed E-state index contributed by atoms with van der Waals surface area (Å²) in [5.41, 5.74) is 0.240. The Morgan fingerprint density at radius 3 is 2.70 bits per heavy atom. The first kappa shape index (κ1) is 12.5.